The van der Waals surface area contributed by atoms with Crippen LogP contribution in [0.15, 0.2) is 0 Å². The fraction of sp³-hybridized carbons (Fsp3) is 1.00. The molecular weight excluding hydrogens is 167 g/mol. The molecule has 0 aliphatic carbocycles. The van der Waals surface area contributed by atoms with Gasteiger partial charge in [0, 0.05) is 0 Å². The molecule has 0 aliphatic rings. The monoisotopic (exact) mass is 181 g/mol. The number of rotatable bonds is 5. The molecule has 0 aromatic carbocycles. The Kier molecular flexibility index (Phi) is 7.66. The van der Waals surface area contributed by atoms with Crippen molar-refractivity contribution in [2.45, 2.75) is 32.6 Å². The van der Waals surface area contributed by atoms with Gasteiger partial charge in [0.25, 0.3) is 0 Å². The van der Waals surface area contributed by atoms with E-state index in [2.05, 4.69) is 19.2 Å². The Hall–Kier alpha value is 0.870. The standard InChI is InChI=1S/C6H13PS2/c1-2-3-4-5-6-7(8)9/h2-6H2,1H3/p+1. The van der Waals surface area contributed by atoms with Gasteiger partial charge in [-0.2, -0.15) is 0 Å². The van der Waals surface area contributed by atoms with Crippen molar-refractivity contribution < 1.29 is 0 Å². The number of hydrogen-bond donors (Lipinski definition) is 1. The third kappa shape index (κ3) is 8.87. The Morgan fingerprint density at radius 2 is 2.00 bits per heavy atom. The zero-order valence-electron chi connectivity index (χ0n) is 5.84. The van der Waals surface area contributed by atoms with Gasteiger partial charge in [0.05, 0.1) is 12.2 Å². The van der Waals surface area contributed by atoms with Crippen LogP contribution in [0, 0.1) is 0 Å². The van der Waals surface area contributed by atoms with E-state index in [1.165, 1.54) is 25.7 Å². The molecule has 0 fully saturated rings. The highest BCUT2D eigenvalue weighted by Gasteiger charge is 1.99. The molecule has 0 radical (unpaired) electrons. The number of unbranched alkanes of at least 4 members (excludes halogenated alkanes) is 3. The van der Waals surface area contributed by atoms with Gasteiger partial charge in [0.1, 0.15) is 6.16 Å². The molecule has 0 spiro atoms. The summed E-state index contributed by atoms with van der Waals surface area (Å²) in [5.41, 5.74) is 0. The van der Waals surface area contributed by atoms with E-state index in [0.717, 1.165) is 6.16 Å². The van der Waals surface area contributed by atoms with E-state index < -0.39 is 0 Å². The number of hydrogen-bond acceptors (Lipinski definition) is 1. The van der Waals surface area contributed by atoms with Crippen LogP contribution < -0.4 is 0 Å². The Bertz CT molecular complexity index is 83.1. The normalized spacial score (nSPS) is 11.6. The summed E-state index contributed by atoms with van der Waals surface area (Å²) in [5.74, 6) is -0.339. The lowest BCUT2D eigenvalue weighted by atomic mass is 10.2. The van der Waals surface area contributed by atoms with Crippen molar-refractivity contribution in [1.82, 2.24) is 0 Å². The molecule has 0 nitrogen and oxygen atoms in total. The van der Waals surface area contributed by atoms with Crippen LogP contribution in [0.4, 0.5) is 0 Å². The summed E-state index contributed by atoms with van der Waals surface area (Å²) < 4.78 is 0. The Labute approximate surface area is 69.0 Å². The van der Waals surface area contributed by atoms with Gasteiger partial charge in [-0.25, -0.2) is 0 Å². The van der Waals surface area contributed by atoms with Crippen molar-refractivity contribution in [2.75, 3.05) is 6.16 Å². The summed E-state index contributed by atoms with van der Waals surface area (Å²) in [6.07, 6.45) is 6.45. The van der Waals surface area contributed by atoms with Crippen molar-refractivity contribution in [1.29, 1.82) is 0 Å². The van der Waals surface area contributed by atoms with Crippen LogP contribution in [-0.4, -0.2) is 6.16 Å². The Morgan fingerprint density at radius 3 is 2.44 bits per heavy atom. The first kappa shape index (κ1) is 9.87. The lowest BCUT2D eigenvalue weighted by Gasteiger charge is -1.89. The van der Waals surface area contributed by atoms with E-state index in [1.807, 2.05) is 0 Å². The minimum atomic E-state index is -0.339. The molecule has 0 N–H and O–H groups in total. The quantitative estimate of drug-likeness (QED) is 0.385. The van der Waals surface area contributed by atoms with E-state index in [4.69, 9.17) is 11.8 Å². The predicted octanol–water partition coefficient (Wildman–Crippen LogP) is 3.36. The topological polar surface area (TPSA) is 0 Å². The Balaban J connectivity index is 2.83. The van der Waals surface area contributed by atoms with Gasteiger partial charge >= 0.3 is 0 Å². The zero-order chi connectivity index (χ0) is 7.11. The molecule has 1 atom stereocenters. The molecule has 0 aromatic heterocycles. The van der Waals surface area contributed by atoms with Crippen molar-refractivity contribution in [3.05, 3.63) is 0 Å². The first-order valence-corrected chi connectivity index (χ1v) is 7.10. The first-order valence-electron chi connectivity index (χ1n) is 3.41. The van der Waals surface area contributed by atoms with E-state index in [9.17, 15) is 0 Å². The van der Waals surface area contributed by atoms with Gasteiger partial charge in [-0.1, -0.05) is 19.8 Å². The van der Waals surface area contributed by atoms with Gasteiger partial charge in [0.15, 0.2) is 11.8 Å². The highest BCUT2D eigenvalue weighted by Crippen LogP contribution is 2.27. The third-order valence-corrected chi connectivity index (χ3v) is 3.05. The lowest BCUT2D eigenvalue weighted by Crippen LogP contribution is -1.76. The summed E-state index contributed by atoms with van der Waals surface area (Å²) in [7, 11) is 0. The molecule has 1 unspecified atom stereocenters. The molecule has 0 amide bonds. The van der Waals surface area contributed by atoms with Crippen LogP contribution in [0.25, 0.3) is 0 Å². The van der Waals surface area contributed by atoms with Crippen LogP contribution in [-0.2, 0) is 11.8 Å². The SMILES string of the molecule is CCCCCC[P+](=S)S. The van der Waals surface area contributed by atoms with Gasteiger partial charge in [-0.15, -0.1) is 0 Å². The lowest BCUT2D eigenvalue weighted by molar-refractivity contribution is 0.706. The molecule has 0 saturated heterocycles. The van der Waals surface area contributed by atoms with E-state index >= 15 is 0 Å². The number of thiol groups is 1. The van der Waals surface area contributed by atoms with Crippen LogP contribution in [0.3, 0.4) is 0 Å². The van der Waals surface area contributed by atoms with Crippen molar-refractivity contribution in [3.63, 3.8) is 0 Å². The van der Waals surface area contributed by atoms with E-state index in [1.54, 1.807) is 0 Å². The summed E-state index contributed by atoms with van der Waals surface area (Å²) in [6, 6.07) is 0. The van der Waals surface area contributed by atoms with Crippen LogP contribution in [0.2, 0.25) is 0 Å². The molecule has 0 aromatic rings. The minimum Gasteiger partial charge on any atom is -0.0654 e. The van der Waals surface area contributed by atoms with E-state index in [-0.39, 0.29) is 5.90 Å². The maximum atomic E-state index is 4.96. The summed E-state index contributed by atoms with van der Waals surface area (Å²) in [4.78, 5) is 0. The second kappa shape index (κ2) is 6.98. The van der Waals surface area contributed by atoms with E-state index in [0.29, 0.717) is 0 Å². The second-order valence-electron chi connectivity index (χ2n) is 2.14. The summed E-state index contributed by atoms with van der Waals surface area (Å²) in [6.45, 7) is 2.22. The third-order valence-electron chi connectivity index (χ3n) is 1.20. The molecule has 0 rings (SSSR count). The predicted molar refractivity (Wildman–Crippen MR) is 52.3 cm³/mol. The average Bonchev–Trinajstić information content (AvgIpc) is 1.80. The van der Waals surface area contributed by atoms with Gasteiger partial charge in [0.2, 0.25) is 5.90 Å². The maximum absolute atomic E-state index is 4.96. The minimum absolute atomic E-state index is 0.339. The molecule has 0 heterocycles. The summed E-state index contributed by atoms with van der Waals surface area (Å²) in [5, 5.41) is 0. The van der Waals surface area contributed by atoms with Gasteiger partial charge in [-0.05, 0) is 12.8 Å². The van der Waals surface area contributed by atoms with Crippen LogP contribution in [0.5, 0.6) is 0 Å². The van der Waals surface area contributed by atoms with Crippen LogP contribution >= 0.6 is 18.1 Å². The fourth-order valence-corrected chi connectivity index (χ4v) is 1.98. The van der Waals surface area contributed by atoms with Crippen LogP contribution in [0.1, 0.15) is 32.6 Å². The second-order valence-corrected chi connectivity index (χ2v) is 6.87. The largest absolute Gasteiger partial charge is 0.241 e. The maximum Gasteiger partial charge on any atom is 0.241 e. The zero-order valence-corrected chi connectivity index (χ0v) is 8.44. The smallest absolute Gasteiger partial charge is 0.0654 e. The summed E-state index contributed by atoms with van der Waals surface area (Å²) >= 11 is 9.14. The average molecular weight is 181 g/mol. The van der Waals surface area contributed by atoms with Gasteiger partial charge in [-0.3, -0.25) is 0 Å². The molecule has 0 bridgehead atoms. The highest BCUT2D eigenvalue weighted by molar-refractivity contribution is 8.56. The first-order chi connectivity index (χ1) is 4.27. The molecule has 0 saturated carbocycles. The van der Waals surface area contributed by atoms with Gasteiger partial charge < -0.3 is 0 Å². The molecule has 9 heavy (non-hydrogen) atoms. The molecule has 0 aliphatic heterocycles. The fourth-order valence-electron chi connectivity index (χ4n) is 0.674. The molecule has 54 valence electrons. The molecule has 3 heteroatoms. The van der Waals surface area contributed by atoms with Crippen molar-refractivity contribution >= 4 is 30.0 Å². The van der Waals surface area contributed by atoms with Crippen molar-refractivity contribution in [2.24, 2.45) is 0 Å². The molecular formula is C6H14PS2+. The van der Waals surface area contributed by atoms with Crippen molar-refractivity contribution in [3.8, 4) is 0 Å². The highest BCUT2D eigenvalue weighted by atomic mass is 32.9. The Morgan fingerprint density at radius 1 is 1.33 bits per heavy atom.